The summed E-state index contributed by atoms with van der Waals surface area (Å²) < 4.78 is 5.80. The summed E-state index contributed by atoms with van der Waals surface area (Å²) in [5.41, 5.74) is 6.72. The van der Waals surface area contributed by atoms with Gasteiger partial charge in [-0.3, -0.25) is 4.98 Å². The second kappa shape index (κ2) is 7.33. The lowest BCUT2D eigenvalue weighted by molar-refractivity contribution is 0.204. The zero-order valence-corrected chi connectivity index (χ0v) is 13.4. The van der Waals surface area contributed by atoms with Gasteiger partial charge in [-0.15, -0.1) is 0 Å². The highest BCUT2D eigenvalue weighted by atomic mass is 16.5. The number of urea groups is 1. The molecule has 8 nitrogen and oxygen atoms in total. The van der Waals surface area contributed by atoms with Gasteiger partial charge in [-0.1, -0.05) is 0 Å². The molecule has 1 aliphatic heterocycles. The molecule has 24 heavy (non-hydrogen) atoms. The lowest BCUT2D eigenvalue weighted by Gasteiger charge is -2.31. The molecule has 8 heteroatoms. The molecule has 1 atom stereocenters. The quantitative estimate of drug-likeness (QED) is 0.805. The number of nitrogens with two attached hydrogens (primary N) is 1. The summed E-state index contributed by atoms with van der Waals surface area (Å²) in [6, 6.07) is 3.29. The number of aromatic nitrogens is 3. The van der Waals surface area contributed by atoms with Crippen LogP contribution in [0.15, 0.2) is 36.9 Å². The lowest BCUT2D eigenvalue weighted by Crippen LogP contribution is -2.59. The van der Waals surface area contributed by atoms with Crippen LogP contribution in [0, 0.1) is 0 Å². The van der Waals surface area contributed by atoms with E-state index in [1.54, 1.807) is 24.8 Å². The lowest BCUT2D eigenvalue weighted by atomic mass is 10.3. The number of rotatable bonds is 4. The predicted octanol–water partition coefficient (Wildman–Crippen LogP) is 0.830. The van der Waals surface area contributed by atoms with Crippen molar-refractivity contribution in [3.63, 3.8) is 0 Å². The average molecular weight is 329 g/mol. The van der Waals surface area contributed by atoms with Crippen molar-refractivity contribution in [3.8, 4) is 5.88 Å². The van der Waals surface area contributed by atoms with E-state index in [1.165, 1.54) is 0 Å². The number of carbonyl (C=O) groups is 1. The topological polar surface area (TPSA) is 103 Å². The van der Waals surface area contributed by atoms with E-state index < -0.39 is 6.03 Å². The maximum Gasteiger partial charge on any atom is 0.420 e. The van der Waals surface area contributed by atoms with Crippen LogP contribution < -0.4 is 20.3 Å². The third kappa shape index (κ3) is 3.34. The molecule has 0 radical (unpaired) electrons. The number of carbonyl (C=O) groups excluding carboxylic acids is 1. The predicted molar refractivity (Wildman–Crippen MR) is 89.2 cm³/mol. The third-order valence-electron chi connectivity index (χ3n) is 4.16. The number of quaternary nitrogens is 1. The molecule has 2 aromatic rings. The van der Waals surface area contributed by atoms with Crippen molar-refractivity contribution >= 4 is 11.8 Å². The fourth-order valence-corrected chi connectivity index (χ4v) is 2.86. The van der Waals surface area contributed by atoms with Crippen LogP contribution in [0.3, 0.4) is 0 Å². The van der Waals surface area contributed by atoms with Gasteiger partial charge in [0.2, 0.25) is 0 Å². The summed E-state index contributed by atoms with van der Waals surface area (Å²) in [4.78, 5) is 24.9. The highest BCUT2D eigenvalue weighted by molar-refractivity contribution is 5.85. The van der Waals surface area contributed by atoms with E-state index in [4.69, 9.17) is 10.5 Å². The molecule has 1 saturated heterocycles. The van der Waals surface area contributed by atoms with Crippen LogP contribution in [0.25, 0.3) is 0 Å². The Balaban J connectivity index is 1.90. The second-order valence-electron chi connectivity index (χ2n) is 5.69. The number of ether oxygens (including phenoxy) is 1. The van der Waals surface area contributed by atoms with E-state index in [-0.39, 0.29) is 4.48 Å². The van der Waals surface area contributed by atoms with Crippen molar-refractivity contribution in [3.05, 3.63) is 42.5 Å². The van der Waals surface area contributed by atoms with Crippen LogP contribution in [0.1, 0.15) is 12.0 Å². The van der Waals surface area contributed by atoms with Gasteiger partial charge in [0.1, 0.15) is 13.2 Å². The number of amides is 2. The normalized spacial score (nSPS) is 21.0. The maximum absolute atomic E-state index is 12.3. The Morgan fingerprint density at radius 3 is 2.75 bits per heavy atom. The molecule has 126 valence electrons. The van der Waals surface area contributed by atoms with Gasteiger partial charge < -0.3 is 15.8 Å². The standard InChI is InChI=1S/C16H20N6O2/c17-16(23)22(10-1-4-18-9-11-22)14-15(21-8-7-20-14)24-12-13-2-5-19-6-3-13/h2-3,5-8,18H,1,4,9-12H2,(H-,17,23)/p+1. The van der Waals surface area contributed by atoms with E-state index in [1.807, 2.05) is 12.1 Å². The van der Waals surface area contributed by atoms with Crippen LogP contribution in [0.5, 0.6) is 5.88 Å². The zero-order valence-electron chi connectivity index (χ0n) is 13.4. The van der Waals surface area contributed by atoms with Gasteiger partial charge in [0.25, 0.3) is 11.7 Å². The molecular weight excluding hydrogens is 308 g/mol. The SMILES string of the molecule is NC(=O)[N+]1(c2nccnc2OCc2ccncc2)CCCNCC1. The molecular formula is C16H21N6O2+. The minimum atomic E-state index is -0.437. The summed E-state index contributed by atoms with van der Waals surface area (Å²) in [6.07, 6.45) is 7.35. The van der Waals surface area contributed by atoms with E-state index in [9.17, 15) is 4.79 Å². The molecule has 1 aliphatic rings. The van der Waals surface area contributed by atoms with Crippen molar-refractivity contribution in [1.29, 1.82) is 0 Å². The molecule has 3 rings (SSSR count). The second-order valence-corrected chi connectivity index (χ2v) is 5.69. The molecule has 0 bridgehead atoms. The number of nitrogens with one attached hydrogen (secondary N) is 1. The van der Waals surface area contributed by atoms with Crippen LogP contribution in [0.4, 0.5) is 10.6 Å². The Bertz CT molecular complexity index is 686. The van der Waals surface area contributed by atoms with Gasteiger partial charge >= 0.3 is 6.03 Å². The first-order valence-electron chi connectivity index (χ1n) is 7.93. The molecule has 0 aromatic carbocycles. The van der Waals surface area contributed by atoms with Gasteiger partial charge in [-0.2, -0.15) is 9.47 Å². The summed E-state index contributed by atoms with van der Waals surface area (Å²) in [5, 5.41) is 3.28. The summed E-state index contributed by atoms with van der Waals surface area (Å²) >= 11 is 0. The van der Waals surface area contributed by atoms with Crippen LogP contribution in [0.2, 0.25) is 0 Å². The van der Waals surface area contributed by atoms with Crippen LogP contribution >= 0.6 is 0 Å². The maximum atomic E-state index is 12.3. The average Bonchev–Trinajstić information content (AvgIpc) is 2.88. The van der Waals surface area contributed by atoms with E-state index in [2.05, 4.69) is 20.3 Å². The van der Waals surface area contributed by atoms with Crippen LogP contribution in [-0.4, -0.2) is 47.2 Å². The summed E-state index contributed by atoms with van der Waals surface area (Å²) in [5.74, 6) is 0.817. The van der Waals surface area contributed by atoms with Gasteiger partial charge in [0.05, 0.1) is 12.7 Å². The Morgan fingerprint density at radius 2 is 1.96 bits per heavy atom. The molecule has 2 aromatic heterocycles. The van der Waals surface area contributed by atoms with E-state index in [0.717, 1.165) is 18.5 Å². The molecule has 0 aliphatic carbocycles. The van der Waals surface area contributed by atoms with Crippen molar-refractivity contribution < 1.29 is 9.53 Å². The smallest absolute Gasteiger partial charge is 0.420 e. The van der Waals surface area contributed by atoms with E-state index in [0.29, 0.717) is 37.9 Å². The first kappa shape index (κ1) is 16.3. The van der Waals surface area contributed by atoms with Gasteiger partial charge in [0.15, 0.2) is 0 Å². The number of nitrogens with zero attached hydrogens (tertiary/aromatic N) is 4. The highest BCUT2D eigenvalue weighted by Gasteiger charge is 2.42. The first-order valence-corrected chi connectivity index (χ1v) is 7.93. The highest BCUT2D eigenvalue weighted by Crippen LogP contribution is 2.30. The minimum absolute atomic E-state index is 0.0491. The summed E-state index contributed by atoms with van der Waals surface area (Å²) in [7, 11) is 0. The molecule has 2 amide bonds. The Morgan fingerprint density at radius 1 is 1.17 bits per heavy atom. The number of hydrogen-bond acceptors (Lipinski definition) is 6. The number of primary amides is 1. The van der Waals surface area contributed by atoms with Gasteiger partial charge in [-0.05, 0) is 17.7 Å². The largest absolute Gasteiger partial charge is 0.467 e. The molecule has 3 heterocycles. The number of hydrogen-bond donors (Lipinski definition) is 2. The van der Waals surface area contributed by atoms with Gasteiger partial charge in [0, 0.05) is 38.1 Å². The molecule has 3 N–H and O–H groups in total. The third-order valence-corrected chi connectivity index (χ3v) is 4.16. The molecule has 0 spiro atoms. The fourth-order valence-electron chi connectivity index (χ4n) is 2.86. The first-order chi connectivity index (χ1) is 11.7. The van der Waals surface area contributed by atoms with Crippen LogP contribution in [-0.2, 0) is 6.61 Å². The minimum Gasteiger partial charge on any atom is -0.467 e. The van der Waals surface area contributed by atoms with Crippen molar-refractivity contribution in [2.24, 2.45) is 5.73 Å². The zero-order chi connectivity index (χ0) is 16.8. The Kier molecular flexibility index (Phi) is 4.97. The van der Waals surface area contributed by atoms with Crippen molar-refractivity contribution in [2.75, 3.05) is 26.2 Å². The monoisotopic (exact) mass is 329 g/mol. The van der Waals surface area contributed by atoms with Crippen molar-refractivity contribution in [2.45, 2.75) is 13.0 Å². The Labute approximate surface area is 140 Å². The van der Waals surface area contributed by atoms with Gasteiger partial charge in [-0.25, -0.2) is 9.78 Å². The Hall–Kier alpha value is -2.58. The van der Waals surface area contributed by atoms with E-state index >= 15 is 0 Å². The molecule has 1 fully saturated rings. The van der Waals surface area contributed by atoms with Crippen molar-refractivity contribution in [1.82, 2.24) is 24.8 Å². The fraction of sp³-hybridized carbons (Fsp3) is 0.375. The molecule has 0 saturated carbocycles. The number of pyridine rings is 1. The molecule has 1 unspecified atom stereocenters. The summed E-state index contributed by atoms with van der Waals surface area (Å²) in [6.45, 7) is 2.96.